The Hall–Kier alpha value is -1.26. The highest BCUT2D eigenvalue weighted by molar-refractivity contribution is 5.43. The van der Waals surface area contributed by atoms with Gasteiger partial charge in [0.15, 0.2) is 0 Å². The Morgan fingerprint density at radius 1 is 1.15 bits per heavy atom. The monoisotopic (exact) mass is 278 g/mol. The maximum atomic E-state index is 6.56. The van der Waals surface area contributed by atoms with Crippen molar-refractivity contribution in [3.8, 4) is 11.5 Å². The van der Waals surface area contributed by atoms with Gasteiger partial charge < -0.3 is 15.2 Å². The van der Waals surface area contributed by atoms with Crippen LogP contribution in [-0.2, 0) is 0 Å². The van der Waals surface area contributed by atoms with E-state index in [0.29, 0.717) is 0 Å². The summed E-state index contributed by atoms with van der Waals surface area (Å²) in [6, 6.07) is 5.76. The molecule has 1 saturated heterocycles. The van der Waals surface area contributed by atoms with Crippen molar-refractivity contribution in [1.29, 1.82) is 0 Å². The molecule has 0 spiro atoms. The minimum Gasteiger partial charge on any atom is -0.497 e. The number of hydrogen-bond donors (Lipinski definition) is 1. The fraction of sp³-hybridized carbons (Fsp3) is 0.625. The maximum absolute atomic E-state index is 6.56. The van der Waals surface area contributed by atoms with Gasteiger partial charge in [0.25, 0.3) is 0 Å². The van der Waals surface area contributed by atoms with Crippen LogP contribution in [0.2, 0.25) is 0 Å². The molecular formula is C16H26N2O2. The zero-order valence-corrected chi connectivity index (χ0v) is 13.0. The van der Waals surface area contributed by atoms with Crippen LogP contribution < -0.4 is 15.2 Å². The van der Waals surface area contributed by atoms with E-state index in [0.717, 1.165) is 30.2 Å². The molecule has 1 aliphatic heterocycles. The molecule has 1 aromatic carbocycles. The largest absolute Gasteiger partial charge is 0.497 e. The molecule has 0 radical (unpaired) electrons. The number of likely N-dealkylation sites (tertiary alicyclic amines) is 1. The third kappa shape index (κ3) is 2.76. The highest BCUT2D eigenvalue weighted by Gasteiger charge is 2.36. The van der Waals surface area contributed by atoms with E-state index in [9.17, 15) is 0 Å². The van der Waals surface area contributed by atoms with Gasteiger partial charge in [0.2, 0.25) is 0 Å². The Labute approximate surface area is 121 Å². The van der Waals surface area contributed by atoms with E-state index in [1.165, 1.54) is 12.8 Å². The number of benzene rings is 1. The Morgan fingerprint density at radius 3 is 2.35 bits per heavy atom. The molecule has 4 nitrogen and oxygen atoms in total. The van der Waals surface area contributed by atoms with Gasteiger partial charge in [-0.1, -0.05) is 6.07 Å². The van der Waals surface area contributed by atoms with E-state index in [1.807, 2.05) is 18.2 Å². The van der Waals surface area contributed by atoms with Gasteiger partial charge in [-0.3, -0.25) is 4.90 Å². The summed E-state index contributed by atoms with van der Waals surface area (Å²) in [5.41, 5.74) is 7.51. The van der Waals surface area contributed by atoms with Gasteiger partial charge in [0, 0.05) is 17.2 Å². The van der Waals surface area contributed by atoms with E-state index in [1.54, 1.807) is 14.2 Å². The normalized spacial score (nSPS) is 18.1. The van der Waals surface area contributed by atoms with Crippen molar-refractivity contribution in [2.24, 2.45) is 5.73 Å². The summed E-state index contributed by atoms with van der Waals surface area (Å²) in [5, 5.41) is 0. The van der Waals surface area contributed by atoms with E-state index in [-0.39, 0.29) is 11.6 Å². The Balaban J connectivity index is 2.29. The molecule has 1 heterocycles. The molecule has 1 aromatic rings. The van der Waals surface area contributed by atoms with Crippen molar-refractivity contribution in [1.82, 2.24) is 4.90 Å². The highest BCUT2D eigenvalue weighted by Crippen LogP contribution is 2.37. The van der Waals surface area contributed by atoms with Crippen LogP contribution in [0.3, 0.4) is 0 Å². The average molecular weight is 278 g/mol. The molecule has 0 amide bonds. The molecule has 1 atom stereocenters. The van der Waals surface area contributed by atoms with E-state index < -0.39 is 0 Å². The quantitative estimate of drug-likeness (QED) is 0.899. The van der Waals surface area contributed by atoms with Crippen LogP contribution in [0.15, 0.2) is 18.2 Å². The predicted octanol–water partition coefficient (Wildman–Crippen LogP) is 2.58. The van der Waals surface area contributed by atoms with Gasteiger partial charge in [-0.25, -0.2) is 0 Å². The van der Waals surface area contributed by atoms with Crippen LogP contribution in [0.4, 0.5) is 0 Å². The van der Waals surface area contributed by atoms with Crippen LogP contribution in [0.25, 0.3) is 0 Å². The lowest BCUT2D eigenvalue weighted by Gasteiger charge is -2.40. The molecule has 1 aliphatic rings. The molecule has 0 bridgehead atoms. The van der Waals surface area contributed by atoms with Crippen LogP contribution in [0.1, 0.15) is 38.3 Å². The molecule has 1 unspecified atom stereocenters. The number of nitrogens with zero attached hydrogens (tertiary/aromatic N) is 1. The van der Waals surface area contributed by atoms with Crippen molar-refractivity contribution in [2.75, 3.05) is 27.3 Å². The Bertz CT molecular complexity index is 454. The summed E-state index contributed by atoms with van der Waals surface area (Å²) in [4.78, 5) is 2.47. The van der Waals surface area contributed by atoms with Crippen LogP contribution >= 0.6 is 0 Å². The van der Waals surface area contributed by atoms with Crippen LogP contribution in [0.5, 0.6) is 11.5 Å². The maximum Gasteiger partial charge on any atom is 0.127 e. The topological polar surface area (TPSA) is 47.7 Å². The van der Waals surface area contributed by atoms with Crippen molar-refractivity contribution < 1.29 is 9.47 Å². The molecule has 2 N–H and O–H groups in total. The van der Waals surface area contributed by atoms with Crippen LogP contribution in [0, 0.1) is 0 Å². The Kier molecular flexibility index (Phi) is 4.55. The summed E-state index contributed by atoms with van der Waals surface area (Å²) in [6.45, 7) is 6.68. The smallest absolute Gasteiger partial charge is 0.127 e. The Morgan fingerprint density at radius 2 is 1.80 bits per heavy atom. The summed E-state index contributed by atoms with van der Waals surface area (Å²) >= 11 is 0. The van der Waals surface area contributed by atoms with Gasteiger partial charge >= 0.3 is 0 Å². The van der Waals surface area contributed by atoms with Crippen LogP contribution in [-0.4, -0.2) is 37.7 Å². The zero-order valence-electron chi connectivity index (χ0n) is 13.0. The molecule has 2 rings (SSSR count). The molecule has 4 heteroatoms. The first-order chi connectivity index (χ1) is 9.50. The lowest BCUT2D eigenvalue weighted by molar-refractivity contribution is 0.123. The van der Waals surface area contributed by atoms with Crippen molar-refractivity contribution in [3.63, 3.8) is 0 Å². The van der Waals surface area contributed by atoms with Gasteiger partial charge in [-0.2, -0.15) is 0 Å². The first-order valence-corrected chi connectivity index (χ1v) is 7.23. The van der Waals surface area contributed by atoms with Crippen molar-refractivity contribution >= 4 is 0 Å². The predicted molar refractivity (Wildman–Crippen MR) is 81.4 cm³/mol. The van der Waals surface area contributed by atoms with E-state index in [4.69, 9.17) is 15.2 Å². The number of nitrogens with two attached hydrogens (primary N) is 1. The van der Waals surface area contributed by atoms with Gasteiger partial charge in [0.05, 0.1) is 20.3 Å². The summed E-state index contributed by atoms with van der Waals surface area (Å²) in [5.74, 6) is 1.58. The van der Waals surface area contributed by atoms with Gasteiger partial charge in [-0.15, -0.1) is 0 Å². The second-order valence-electron chi connectivity index (χ2n) is 5.93. The number of ether oxygens (including phenoxy) is 2. The molecule has 0 saturated carbocycles. The molecule has 0 aromatic heterocycles. The zero-order chi connectivity index (χ0) is 14.8. The average Bonchev–Trinajstić information content (AvgIpc) is 3.00. The SMILES string of the molecule is COc1ccc(C(N)C(C)(C)N2CCCC2)c(OC)c1. The second-order valence-corrected chi connectivity index (χ2v) is 5.93. The standard InChI is InChI=1S/C16H26N2O2/c1-16(2,18-9-5-6-10-18)15(17)13-8-7-12(19-3)11-14(13)20-4/h7-8,11,15H,5-6,9-10,17H2,1-4H3. The first-order valence-electron chi connectivity index (χ1n) is 7.23. The van der Waals surface area contributed by atoms with E-state index in [2.05, 4.69) is 18.7 Å². The number of methoxy groups -OCH3 is 2. The summed E-state index contributed by atoms with van der Waals surface area (Å²) < 4.78 is 10.7. The number of hydrogen-bond acceptors (Lipinski definition) is 4. The second kappa shape index (κ2) is 6.02. The third-order valence-electron chi connectivity index (χ3n) is 4.46. The molecule has 112 valence electrons. The van der Waals surface area contributed by atoms with Gasteiger partial charge in [-0.05, 0) is 45.8 Å². The lowest BCUT2D eigenvalue weighted by Crippen LogP contribution is -2.50. The minimum absolute atomic E-state index is 0.0850. The molecule has 20 heavy (non-hydrogen) atoms. The third-order valence-corrected chi connectivity index (χ3v) is 4.46. The minimum atomic E-state index is -0.0959. The van der Waals surface area contributed by atoms with Crippen molar-refractivity contribution in [3.05, 3.63) is 23.8 Å². The molecule has 0 aliphatic carbocycles. The molecular weight excluding hydrogens is 252 g/mol. The van der Waals surface area contributed by atoms with Gasteiger partial charge in [0.1, 0.15) is 11.5 Å². The fourth-order valence-corrected chi connectivity index (χ4v) is 2.95. The summed E-state index contributed by atoms with van der Waals surface area (Å²) in [6.07, 6.45) is 2.52. The van der Waals surface area contributed by atoms with Crippen molar-refractivity contribution in [2.45, 2.75) is 38.3 Å². The highest BCUT2D eigenvalue weighted by atomic mass is 16.5. The fourth-order valence-electron chi connectivity index (χ4n) is 2.95. The van der Waals surface area contributed by atoms with E-state index >= 15 is 0 Å². The first kappa shape index (κ1) is 15.1. The summed E-state index contributed by atoms with van der Waals surface area (Å²) in [7, 11) is 3.33. The lowest BCUT2D eigenvalue weighted by atomic mass is 9.87. The molecule has 1 fully saturated rings. The number of rotatable bonds is 5.